The third-order valence-corrected chi connectivity index (χ3v) is 5.63. The second-order valence-corrected chi connectivity index (χ2v) is 7.49. The maximum absolute atomic E-state index is 13.0. The molecule has 150 valence electrons. The molecular formula is C21H26N2O5. The molecule has 1 aromatic carbocycles. The number of esters is 1. The summed E-state index contributed by atoms with van der Waals surface area (Å²) < 4.78 is 16.5. The Morgan fingerprint density at radius 3 is 2.75 bits per heavy atom. The summed E-state index contributed by atoms with van der Waals surface area (Å²) in [5.41, 5.74) is 1.81. The fraction of sp³-hybridized carbons (Fsp3) is 0.524. The van der Waals surface area contributed by atoms with E-state index in [1.807, 2.05) is 13.0 Å². The van der Waals surface area contributed by atoms with Crippen molar-refractivity contribution in [3.63, 3.8) is 0 Å². The molecule has 0 aromatic heterocycles. The summed E-state index contributed by atoms with van der Waals surface area (Å²) in [6.45, 7) is 2.51. The first-order valence-corrected chi connectivity index (χ1v) is 10.0. The zero-order valence-corrected chi connectivity index (χ0v) is 16.1. The summed E-state index contributed by atoms with van der Waals surface area (Å²) in [5, 5.41) is 5.61. The molecule has 0 bridgehead atoms. The van der Waals surface area contributed by atoms with Gasteiger partial charge >= 0.3 is 12.0 Å². The Bertz CT molecular complexity index is 798. The lowest BCUT2D eigenvalue weighted by Crippen LogP contribution is -2.46. The van der Waals surface area contributed by atoms with Crippen LogP contribution in [0.15, 0.2) is 29.5 Å². The fourth-order valence-electron chi connectivity index (χ4n) is 4.11. The third-order valence-electron chi connectivity index (χ3n) is 5.63. The van der Waals surface area contributed by atoms with Gasteiger partial charge in [-0.2, -0.15) is 0 Å². The van der Waals surface area contributed by atoms with E-state index in [0.29, 0.717) is 41.7 Å². The molecule has 2 aliphatic heterocycles. The van der Waals surface area contributed by atoms with Crippen LogP contribution in [0.25, 0.3) is 0 Å². The van der Waals surface area contributed by atoms with E-state index < -0.39 is 6.04 Å². The second-order valence-electron chi connectivity index (χ2n) is 7.49. The number of hydrogen-bond acceptors (Lipinski definition) is 5. The fourth-order valence-corrected chi connectivity index (χ4v) is 4.11. The van der Waals surface area contributed by atoms with Crippen molar-refractivity contribution < 1.29 is 23.8 Å². The summed E-state index contributed by atoms with van der Waals surface area (Å²) in [7, 11) is 0. The van der Waals surface area contributed by atoms with Gasteiger partial charge in [-0.1, -0.05) is 32.3 Å². The molecule has 1 aliphatic carbocycles. The van der Waals surface area contributed by atoms with Gasteiger partial charge in [0.2, 0.25) is 6.79 Å². The first-order chi connectivity index (χ1) is 13.7. The summed E-state index contributed by atoms with van der Waals surface area (Å²) in [4.78, 5) is 25.2. The van der Waals surface area contributed by atoms with Crippen LogP contribution >= 0.6 is 0 Å². The standard InChI is InChI=1S/C21H26N2O5/c1-2-15-18(20(24)26-11-13-6-4-3-5-7-13)19(23-21(25)22-15)14-8-9-16-17(10-14)28-12-27-16/h8-10,13,19H,2-7,11-12H2,1H3,(H2,22,23,25). The van der Waals surface area contributed by atoms with Crippen molar-refractivity contribution in [3.05, 3.63) is 35.0 Å². The van der Waals surface area contributed by atoms with E-state index >= 15 is 0 Å². The molecule has 3 aliphatic rings. The Hall–Kier alpha value is -2.70. The normalized spacial score (nSPS) is 21.9. The molecule has 1 atom stereocenters. The minimum atomic E-state index is -0.586. The minimum Gasteiger partial charge on any atom is -0.462 e. The molecule has 4 rings (SSSR count). The van der Waals surface area contributed by atoms with Gasteiger partial charge in [-0.15, -0.1) is 0 Å². The number of amides is 2. The average Bonchev–Trinajstić information content (AvgIpc) is 3.20. The Balaban J connectivity index is 1.58. The topological polar surface area (TPSA) is 85.9 Å². The van der Waals surface area contributed by atoms with Crippen LogP contribution in [-0.2, 0) is 9.53 Å². The monoisotopic (exact) mass is 386 g/mol. The van der Waals surface area contributed by atoms with Crippen LogP contribution in [0.1, 0.15) is 57.1 Å². The van der Waals surface area contributed by atoms with E-state index in [-0.39, 0.29) is 18.8 Å². The summed E-state index contributed by atoms with van der Waals surface area (Å²) in [6, 6.07) is 4.52. The van der Waals surface area contributed by atoms with E-state index in [1.165, 1.54) is 19.3 Å². The van der Waals surface area contributed by atoms with E-state index in [2.05, 4.69) is 10.6 Å². The van der Waals surface area contributed by atoms with Crippen molar-refractivity contribution in [3.8, 4) is 11.5 Å². The van der Waals surface area contributed by atoms with E-state index in [1.54, 1.807) is 12.1 Å². The van der Waals surface area contributed by atoms with Crippen molar-refractivity contribution in [2.24, 2.45) is 5.92 Å². The Labute approximate surface area is 164 Å². The molecule has 2 heterocycles. The zero-order chi connectivity index (χ0) is 19.5. The molecule has 1 unspecified atom stereocenters. The number of nitrogens with one attached hydrogen (secondary N) is 2. The summed E-state index contributed by atoms with van der Waals surface area (Å²) in [5.74, 6) is 1.32. The zero-order valence-electron chi connectivity index (χ0n) is 16.1. The van der Waals surface area contributed by atoms with Crippen molar-refractivity contribution in [1.82, 2.24) is 10.6 Å². The molecule has 7 heteroatoms. The summed E-state index contributed by atoms with van der Waals surface area (Å²) in [6.07, 6.45) is 6.40. The van der Waals surface area contributed by atoms with Crippen LogP contribution in [0.4, 0.5) is 4.79 Å². The molecule has 28 heavy (non-hydrogen) atoms. The second kappa shape index (κ2) is 8.12. The SMILES string of the molecule is CCC1=C(C(=O)OCC2CCCCC2)C(c2ccc3c(c2)OCO3)NC(=O)N1. The van der Waals surface area contributed by atoms with Gasteiger partial charge in [0, 0.05) is 5.70 Å². The van der Waals surface area contributed by atoms with Gasteiger partial charge in [-0.25, -0.2) is 9.59 Å². The molecule has 1 aromatic rings. The van der Waals surface area contributed by atoms with Crippen molar-refractivity contribution in [2.45, 2.75) is 51.5 Å². The van der Waals surface area contributed by atoms with Crippen LogP contribution in [0.5, 0.6) is 11.5 Å². The molecule has 0 radical (unpaired) electrons. The number of ether oxygens (including phenoxy) is 3. The van der Waals surface area contributed by atoms with E-state index in [9.17, 15) is 9.59 Å². The minimum absolute atomic E-state index is 0.170. The number of carbonyl (C=O) groups is 2. The van der Waals surface area contributed by atoms with Crippen LogP contribution in [0, 0.1) is 5.92 Å². The van der Waals surface area contributed by atoms with Crippen LogP contribution in [0.2, 0.25) is 0 Å². The van der Waals surface area contributed by atoms with Crippen LogP contribution in [0.3, 0.4) is 0 Å². The Morgan fingerprint density at radius 2 is 1.96 bits per heavy atom. The maximum atomic E-state index is 13.0. The number of hydrogen-bond donors (Lipinski definition) is 2. The average molecular weight is 386 g/mol. The Kier molecular flexibility index (Phi) is 5.41. The van der Waals surface area contributed by atoms with Crippen molar-refractivity contribution in [2.75, 3.05) is 13.4 Å². The number of benzene rings is 1. The van der Waals surface area contributed by atoms with Gasteiger partial charge in [0.1, 0.15) is 0 Å². The van der Waals surface area contributed by atoms with Crippen LogP contribution < -0.4 is 20.1 Å². The first-order valence-electron chi connectivity index (χ1n) is 10.0. The largest absolute Gasteiger partial charge is 0.462 e. The molecule has 2 amide bonds. The lowest BCUT2D eigenvalue weighted by molar-refractivity contribution is -0.141. The van der Waals surface area contributed by atoms with Gasteiger partial charge in [0.05, 0.1) is 18.2 Å². The molecule has 0 saturated heterocycles. The number of urea groups is 1. The molecule has 1 saturated carbocycles. The molecule has 7 nitrogen and oxygen atoms in total. The molecular weight excluding hydrogens is 360 g/mol. The van der Waals surface area contributed by atoms with Crippen molar-refractivity contribution >= 4 is 12.0 Å². The van der Waals surface area contributed by atoms with E-state index in [4.69, 9.17) is 14.2 Å². The predicted molar refractivity (Wildman–Crippen MR) is 102 cm³/mol. The highest BCUT2D eigenvalue weighted by atomic mass is 16.7. The van der Waals surface area contributed by atoms with Gasteiger partial charge in [0.25, 0.3) is 0 Å². The van der Waals surface area contributed by atoms with Gasteiger partial charge in [0.15, 0.2) is 11.5 Å². The Morgan fingerprint density at radius 1 is 1.18 bits per heavy atom. The lowest BCUT2D eigenvalue weighted by atomic mass is 9.90. The lowest BCUT2D eigenvalue weighted by Gasteiger charge is -2.30. The number of allylic oxidation sites excluding steroid dienone is 1. The smallest absolute Gasteiger partial charge is 0.338 e. The number of rotatable bonds is 5. The van der Waals surface area contributed by atoms with Gasteiger partial charge in [-0.3, -0.25) is 0 Å². The van der Waals surface area contributed by atoms with Gasteiger partial charge in [-0.05, 0) is 42.9 Å². The molecule has 0 spiro atoms. The quantitative estimate of drug-likeness (QED) is 0.756. The highest BCUT2D eigenvalue weighted by Gasteiger charge is 2.34. The number of fused-ring (bicyclic) bond motifs is 1. The first kappa shape index (κ1) is 18.7. The predicted octanol–water partition coefficient (Wildman–Crippen LogP) is 3.56. The third kappa shape index (κ3) is 3.79. The highest BCUT2D eigenvalue weighted by molar-refractivity contribution is 5.95. The van der Waals surface area contributed by atoms with Crippen LogP contribution in [-0.4, -0.2) is 25.4 Å². The highest BCUT2D eigenvalue weighted by Crippen LogP contribution is 2.37. The van der Waals surface area contributed by atoms with Gasteiger partial charge < -0.3 is 24.8 Å². The number of carbonyl (C=O) groups excluding carboxylic acids is 2. The van der Waals surface area contributed by atoms with E-state index in [0.717, 1.165) is 18.4 Å². The molecule has 2 N–H and O–H groups in total. The maximum Gasteiger partial charge on any atom is 0.338 e. The molecule has 1 fully saturated rings. The van der Waals surface area contributed by atoms with Crippen molar-refractivity contribution in [1.29, 1.82) is 0 Å². The summed E-state index contributed by atoms with van der Waals surface area (Å²) >= 11 is 0.